The second-order valence-electron chi connectivity index (χ2n) is 6.36. The minimum absolute atomic E-state index is 0.0712. The SMILES string of the molecule is CN1CC=C2C(C#N)=C(N)C(C#N)(C#N)[C@@H](c3cc([N+](=O)[O-])cs3)[C@H]2C1. The molecular weight excluding hydrogens is 352 g/mol. The van der Waals surface area contributed by atoms with Gasteiger partial charge in [-0.1, -0.05) is 6.08 Å². The van der Waals surface area contributed by atoms with Gasteiger partial charge >= 0.3 is 0 Å². The lowest BCUT2D eigenvalue weighted by molar-refractivity contribution is -0.384. The Balaban J connectivity index is 2.30. The van der Waals surface area contributed by atoms with E-state index in [1.807, 2.05) is 36.2 Å². The van der Waals surface area contributed by atoms with Gasteiger partial charge in [0.2, 0.25) is 0 Å². The maximum absolute atomic E-state index is 11.1. The van der Waals surface area contributed by atoms with E-state index in [9.17, 15) is 25.9 Å². The molecule has 9 heteroatoms. The van der Waals surface area contributed by atoms with Gasteiger partial charge in [-0.2, -0.15) is 15.8 Å². The van der Waals surface area contributed by atoms with Crippen LogP contribution in [-0.2, 0) is 0 Å². The van der Waals surface area contributed by atoms with Crippen LogP contribution in [-0.4, -0.2) is 30.0 Å². The van der Waals surface area contributed by atoms with Gasteiger partial charge in [0, 0.05) is 35.9 Å². The molecule has 3 rings (SSSR count). The highest BCUT2D eigenvalue weighted by Gasteiger charge is 2.55. The first kappa shape index (κ1) is 17.6. The van der Waals surface area contributed by atoms with Crippen LogP contribution >= 0.6 is 11.3 Å². The van der Waals surface area contributed by atoms with Gasteiger partial charge in [0.25, 0.3) is 5.69 Å². The van der Waals surface area contributed by atoms with E-state index in [2.05, 4.69) is 0 Å². The third-order valence-electron chi connectivity index (χ3n) is 4.97. The summed E-state index contributed by atoms with van der Waals surface area (Å²) in [6.45, 7) is 1.14. The highest BCUT2D eigenvalue weighted by Crippen LogP contribution is 2.55. The lowest BCUT2D eigenvalue weighted by Crippen LogP contribution is -2.47. The van der Waals surface area contributed by atoms with Crippen LogP contribution in [0.25, 0.3) is 0 Å². The molecular formula is C17H14N6O2S. The zero-order chi connectivity index (χ0) is 19.1. The van der Waals surface area contributed by atoms with Crippen LogP contribution < -0.4 is 5.73 Å². The molecule has 0 unspecified atom stereocenters. The van der Waals surface area contributed by atoms with Gasteiger partial charge in [0.15, 0.2) is 5.41 Å². The zero-order valence-corrected chi connectivity index (χ0v) is 14.7. The second kappa shape index (κ2) is 6.27. The smallest absolute Gasteiger partial charge is 0.280 e. The maximum atomic E-state index is 11.1. The van der Waals surface area contributed by atoms with Crippen LogP contribution in [0.4, 0.5) is 5.69 Å². The summed E-state index contributed by atoms with van der Waals surface area (Å²) in [6.07, 6.45) is 1.88. The lowest BCUT2D eigenvalue weighted by atomic mass is 9.59. The van der Waals surface area contributed by atoms with E-state index >= 15 is 0 Å². The van der Waals surface area contributed by atoms with E-state index in [4.69, 9.17) is 5.73 Å². The van der Waals surface area contributed by atoms with E-state index in [1.165, 1.54) is 11.4 Å². The summed E-state index contributed by atoms with van der Waals surface area (Å²) in [5.41, 5.74) is 5.14. The minimum atomic E-state index is -1.75. The zero-order valence-electron chi connectivity index (χ0n) is 13.8. The number of nitrogens with two attached hydrogens (primary N) is 1. The summed E-state index contributed by atoms with van der Waals surface area (Å²) in [6, 6.07) is 7.47. The van der Waals surface area contributed by atoms with Gasteiger partial charge in [-0.05, 0) is 12.6 Å². The average Bonchev–Trinajstić information content (AvgIpc) is 3.11. The third kappa shape index (κ3) is 2.36. The molecule has 0 bridgehead atoms. The molecule has 2 N–H and O–H groups in total. The number of hydrogen-bond acceptors (Lipinski definition) is 8. The first-order chi connectivity index (χ1) is 12.4. The predicted octanol–water partition coefficient (Wildman–Crippen LogP) is 2.01. The molecule has 0 saturated heterocycles. The molecule has 2 aliphatic rings. The summed E-state index contributed by atoms with van der Waals surface area (Å²) < 4.78 is 0. The van der Waals surface area contributed by atoms with Crippen LogP contribution in [0, 0.1) is 55.4 Å². The quantitative estimate of drug-likeness (QED) is 0.622. The van der Waals surface area contributed by atoms with E-state index in [0.717, 1.165) is 11.3 Å². The van der Waals surface area contributed by atoms with Gasteiger partial charge in [0.05, 0.1) is 33.7 Å². The molecule has 0 amide bonds. The first-order valence-corrected chi connectivity index (χ1v) is 8.62. The molecule has 1 aliphatic heterocycles. The lowest BCUT2D eigenvalue weighted by Gasteiger charge is -2.44. The number of fused-ring (bicyclic) bond motifs is 1. The summed E-state index contributed by atoms with van der Waals surface area (Å²) in [5.74, 6) is -1.00. The van der Waals surface area contributed by atoms with Gasteiger partial charge in [0.1, 0.15) is 6.07 Å². The molecule has 2 heterocycles. The number of likely N-dealkylation sites (N-methyl/N-ethyl adjacent to an activating group) is 1. The van der Waals surface area contributed by atoms with Crippen molar-refractivity contribution >= 4 is 17.0 Å². The van der Waals surface area contributed by atoms with Gasteiger partial charge < -0.3 is 10.6 Å². The van der Waals surface area contributed by atoms with Crippen LogP contribution in [0.5, 0.6) is 0 Å². The van der Waals surface area contributed by atoms with Crippen molar-refractivity contribution < 1.29 is 4.92 Å². The second-order valence-corrected chi connectivity index (χ2v) is 7.30. The van der Waals surface area contributed by atoms with Crippen molar-refractivity contribution in [1.29, 1.82) is 15.8 Å². The molecule has 1 aromatic heterocycles. The molecule has 0 spiro atoms. The van der Waals surface area contributed by atoms with Crippen molar-refractivity contribution in [1.82, 2.24) is 4.90 Å². The molecule has 1 aromatic rings. The highest BCUT2D eigenvalue weighted by atomic mass is 32.1. The molecule has 2 atom stereocenters. The molecule has 1 aliphatic carbocycles. The summed E-state index contributed by atoms with van der Waals surface area (Å²) in [5, 5.41) is 41.8. The Labute approximate surface area is 153 Å². The van der Waals surface area contributed by atoms with E-state index < -0.39 is 16.3 Å². The van der Waals surface area contributed by atoms with Crippen molar-refractivity contribution in [3.05, 3.63) is 49.4 Å². The van der Waals surface area contributed by atoms with E-state index in [1.54, 1.807) is 0 Å². The van der Waals surface area contributed by atoms with Crippen molar-refractivity contribution in [3.8, 4) is 18.2 Å². The van der Waals surface area contributed by atoms with E-state index in [0.29, 0.717) is 23.5 Å². The number of nitrogens with zero attached hydrogens (tertiary/aromatic N) is 5. The van der Waals surface area contributed by atoms with Gasteiger partial charge in [-0.15, -0.1) is 11.3 Å². The van der Waals surface area contributed by atoms with Crippen LogP contribution in [0.3, 0.4) is 0 Å². The summed E-state index contributed by atoms with van der Waals surface area (Å²) >= 11 is 1.13. The Morgan fingerprint density at radius 1 is 1.42 bits per heavy atom. The molecule has 0 saturated carbocycles. The molecule has 8 nitrogen and oxygen atoms in total. The van der Waals surface area contributed by atoms with Crippen LogP contribution in [0.2, 0.25) is 0 Å². The van der Waals surface area contributed by atoms with Crippen molar-refractivity contribution in [2.45, 2.75) is 5.92 Å². The maximum Gasteiger partial charge on any atom is 0.280 e. The summed E-state index contributed by atoms with van der Waals surface area (Å²) in [4.78, 5) is 13.1. The van der Waals surface area contributed by atoms with Crippen LogP contribution in [0.15, 0.2) is 34.4 Å². The monoisotopic (exact) mass is 366 g/mol. The Bertz CT molecular complexity index is 957. The van der Waals surface area contributed by atoms with Crippen molar-refractivity contribution in [3.63, 3.8) is 0 Å². The van der Waals surface area contributed by atoms with Crippen molar-refractivity contribution in [2.75, 3.05) is 20.1 Å². The number of allylic oxidation sites excluding steroid dienone is 2. The molecule has 0 radical (unpaired) electrons. The van der Waals surface area contributed by atoms with Crippen LogP contribution in [0.1, 0.15) is 10.8 Å². The molecule has 0 aromatic carbocycles. The number of rotatable bonds is 2. The Morgan fingerprint density at radius 3 is 2.65 bits per heavy atom. The largest absolute Gasteiger partial charge is 0.399 e. The highest BCUT2D eigenvalue weighted by molar-refractivity contribution is 7.10. The topological polar surface area (TPSA) is 144 Å². The fraction of sp³-hybridized carbons (Fsp3) is 0.353. The average molecular weight is 366 g/mol. The Hall–Kier alpha value is -3.19. The first-order valence-electron chi connectivity index (χ1n) is 7.74. The number of hydrogen-bond donors (Lipinski definition) is 1. The number of thiophene rings is 1. The normalized spacial score (nSPS) is 24.6. The van der Waals surface area contributed by atoms with Crippen molar-refractivity contribution in [2.24, 2.45) is 17.1 Å². The molecule has 26 heavy (non-hydrogen) atoms. The fourth-order valence-electron chi connectivity index (χ4n) is 3.73. The predicted molar refractivity (Wildman–Crippen MR) is 93.3 cm³/mol. The third-order valence-corrected chi connectivity index (χ3v) is 5.97. The van der Waals surface area contributed by atoms with Gasteiger partial charge in [-0.25, -0.2) is 0 Å². The fourth-order valence-corrected chi connectivity index (χ4v) is 4.82. The standard InChI is InChI=1S/C17H14N6O2S/c1-22-3-2-11-12(5-18)16(21)17(8-19,9-20)15(13(11)6-22)14-4-10(7-26-14)23(24)25/h2,4,7,13,15H,3,6,21H2,1H3/t13-,15+/m0/s1. The minimum Gasteiger partial charge on any atom is -0.399 e. The summed E-state index contributed by atoms with van der Waals surface area (Å²) in [7, 11) is 1.90. The Kier molecular flexibility index (Phi) is 4.25. The van der Waals surface area contributed by atoms with E-state index in [-0.39, 0.29) is 22.9 Å². The number of nitriles is 3. The molecule has 0 fully saturated rings. The van der Waals surface area contributed by atoms with Gasteiger partial charge in [-0.3, -0.25) is 10.1 Å². The Morgan fingerprint density at radius 2 is 2.12 bits per heavy atom. The number of nitro groups is 1. The molecule has 130 valence electrons.